The van der Waals surface area contributed by atoms with Gasteiger partial charge in [0.25, 0.3) is 0 Å². The van der Waals surface area contributed by atoms with Crippen LogP contribution in [0.3, 0.4) is 0 Å². The van der Waals surface area contributed by atoms with Gasteiger partial charge in [0.1, 0.15) is 5.49 Å². The van der Waals surface area contributed by atoms with Gasteiger partial charge in [-0.1, -0.05) is 23.8 Å². The van der Waals surface area contributed by atoms with E-state index >= 15 is 0 Å². The maximum Gasteiger partial charge on any atom is 0.333 e. The maximum absolute atomic E-state index is 13.0. The molecule has 5 rings (SSSR count). The molecule has 3 N–H and O–H groups in total. The summed E-state index contributed by atoms with van der Waals surface area (Å²) < 4.78 is 1.39. The zero-order valence-corrected chi connectivity index (χ0v) is 19.3. The second-order valence-corrected chi connectivity index (χ2v) is 8.91. The van der Waals surface area contributed by atoms with Crippen molar-refractivity contribution in [1.82, 2.24) is 24.4 Å². The third-order valence-electron chi connectivity index (χ3n) is 6.22. The highest BCUT2D eigenvalue weighted by molar-refractivity contribution is 5.74. The van der Waals surface area contributed by atoms with Crippen molar-refractivity contribution in [3.05, 3.63) is 80.3 Å². The minimum atomic E-state index is -0.399. The standard InChI is InChI=1S/C25H27N7O/c1-14-9-15(2)21(16(3)10-14)32-22(26)20-12-27-24(29-23(20)30-25(32)33)28-19-6-5-17-7-8-31(4)13-18(17)11-19/h5-6,9-12,26H,7-8,13H2,1-4H3,(H2,27,28,29,30,33). The number of nitrogens with zero attached hydrogens (tertiary/aromatic N) is 4. The molecule has 0 radical (unpaired) electrons. The van der Waals surface area contributed by atoms with Gasteiger partial charge in [-0.25, -0.2) is 14.3 Å². The molecular formula is C25H27N7O. The third kappa shape index (κ3) is 3.82. The van der Waals surface area contributed by atoms with Crippen molar-refractivity contribution in [2.24, 2.45) is 0 Å². The molecule has 2 aromatic heterocycles. The van der Waals surface area contributed by atoms with Crippen LogP contribution in [0.25, 0.3) is 16.7 Å². The van der Waals surface area contributed by atoms with Gasteiger partial charge < -0.3 is 10.2 Å². The van der Waals surface area contributed by atoms with Crippen molar-refractivity contribution in [1.29, 1.82) is 5.41 Å². The van der Waals surface area contributed by atoms with Gasteiger partial charge in [0.05, 0.1) is 11.1 Å². The van der Waals surface area contributed by atoms with E-state index in [1.807, 2.05) is 39.0 Å². The van der Waals surface area contributed by atoms with Crippen molar-refractivity contribution in [2.75, 3.05) is 18.9 Å². The average molecular weight is 442 g/mol. The fourth-order valence-corrected chi connectivity index (χ4v) is 4.73. The summed E-state index contributed by atoms with van der Waals surface area (Å²) >= 11 is 0. The lowest BCUT2D eigenvalue weighted by Crippen LogP contribution is -2.35. The molecule has 0 unspecified atom stereocenters. The first-order chi connectivity index (χ1) is 15.8. The summed E-state index contributed by atoms with van der Waals surface area (Å²) in [5, 5.41) is 12.4. The lowest BCUT2D eigenvalue weighted by Gasteiger charge is -2.25. The molecule has 0 saturated heterocycles. The second kappa shape index (κ2) is 7.97. The molecule has 0 aliphatic carbocycles. The number of likely N-dealkylation sites (N-methyl/N-ethyl adjacent to an activating group) is 1. The van der Waals surface area contributed by atoms with E-state index in [-0.39, 0.29) is 5.49 Å². The van der Waals surface area contributed by atoms with Crippen molar-refractivity contribution < 1.29 is 0 Å². The second-order valence-electron chi connectivity index (χ2n) is 8.91. The number of aryl methyl sites for hydroxylation is 3. The van der Waals surface area contributed by atoms with E-state index in [9.17, 15) is 4.79 Å². The molecule has 0 saturated carbocycles. The Balaban J connectivity index is 1.54. The number of hydrogen-bond acceptors (Lipinski definition) is 6. The Morgan fingerprint density at radius 1 is 1.09 bits per heavy atom. The van der Waals surface area contributed by atoms with Crippen LogP contribution in [0.1, 0.15) is 27.8 Å². The summed E-state index contributed by atoms with van der Waals surface area (Å²) in [5.74, 6) is 0.377. The Morgan fingerprint density at radius 3 is 2.61 bits per heavy atom. The summed E-state index contributed by atoms with van der Waals surface area (Å²) in [4.78, 5) is 27.1. The van der Waals surface area contributed by atoms with E-state index in [0.29, 0.717) is 17.0 Å². The minimum absolute atomic E-state index is 0.0622. The largest absolute Gasteiger partial charge is 0.333 e. The topological polar surface area (TPSA) is 103 Å². The van der Waals surface area contributed by atoms with Crippen LogP contribution in [-0.4, -0.2) is 38.0 Å². The molecule has 0 amide bonds. The van der Waals surface area contributed by atoms with Gasteiger partial charge in [-0.2, -0.15) is 4.98 Å². The van der Waals surface area contributed by atoms with E-state index in [1.165, 1.54) is 15.7 Å². The summed E-state index contributed by atoms with van der Waals surface area (Å²) in [6.07, 6.45) is 2.64. The zero-order valence-electron chi connectivity index (χ0n) is 19.3. The first-order valence-electron chi connectivity index (χ1n) is 11.0. The molecule has 1 aliphatic rings. The van der Waals surface area contributed by atoms with Crippen LogP contribution in [0.5, 0.6) is 0 Å². The van der Waals surface area contributed by atoms with Crippen LogP contribution in [0, 0.1) is 26.2 Å². The Bertz CT molecular complexity index is 1490. The summed E-state index contributed by atoms with van der Waals surface area (Å²) in [7, 11) is 2.12. The van der Waals surface area contributed by atoms with E-state index in [4.69, 9.17) is 5.41 Å². The molecule has 0 bridgehead atoms. The normalized spacial score (nSPS) is 13.8. The van der Waals surface area contributed by atoms with Gasteiger partial charge in [0.15, 0.2) is 5.65 Å². The highest BCUT2D eigenvalue weighted by Gasteiger charge is 2.15. The summed E-state index contributed by atoms with van der Waals surface area (Å²) in [5.41, 5.74) is 7.26. The van der Waals surface area contributed by atoms with E-state index in [2.05, 4.69) is 44.3 Å². The van der Waals surface area contributed by atoms with E-state index in [0.717, 1.165) is 47.6 Å². The minimum Gasteiger partial charge on any atom is -0.324 e. The van der Waals surface area contributed by atoms with Gasteiger partial charge in [0.2, 0.25) is 5.95 Å². The van der Waals surface area contributed by atoms with E-state index in [1.54, 1.807) is 6.20 Å². The van der Waals surface area contributed by atoms with Gasteiger partial charge in [-0.3, -0.25) is 10.4 Å². The monoisotopic (exact) mass is 441 g/mol. The van der Waals surface area contributed by atoms with Gasteiger partial charge in [-0.15, -0.1) is 0 Å². The number of benzene rings is 2. The fraction of sp³-hybridized carbons (Fsp3) is 0.280. The highest BCUT2D eigenvalue weighted by atomic mass is 16.1. The average Bonchev–Trinajstić information content (AvgIpc) is 2.75. The van der Waals surface area contributed by atoms with Crippen LogP contribution in [0.15, 0.2) is 41.3 Å². The molecule has 1 aliphatic heterocycles. The maximum atomic E-state index is 13.0. The van der Waals surface area contributed by atoms with Crippen molar-refractivity contribution in [3.63, 3.8) is 0 Å². The number of hydrogen-bond donors (Lipinski definition) is 3. The number of aromatic nitrogens is 4. The van der Waals surface area contributed by atoms with Gasteiger partial charge >= 0.3 is 5.69 Å². The molecule has 168 valence electrons. The van der Waals surface area contributed by atoms with Crippen molar-refractivity contribution in [2.45, 2.75) is 33.7 Å². The predicted octanol–water partition coefficient (Wildman–Crippen LogP) is 3.25. The van der Waals surface area contributed by atoms with Gasteiger partial charge in [-0.05, 0) is 68.6 Å². The molecule has 8 nitrogen and oxygen atoms in total. The molecular weight excluding hydrogens is 414 g/mol. The number of rotatable bonds is 3. The molecule has 0 fully saturated rings. The lowest BCUT2D eigenvalue weighted by molar-refractivity contribution is 0.313. The molecule has 33 heavy (non-hydrogen) atoms. The predicted molar refractivity (Wildman–Crippen MR) is 129 cm³/mol. The Morgan fingerprint density at radius 2 is 1.85 bits per heavy atom. The van der Waals surface area contributed by atoms with Crippen LogP contribution >= 0.6 is 0 Å². The Labute approximate surface area is 191 Å². The van der Waals surface area contributed by atoms with E-state index < -0.39 is 5.69 Å². The first kappa shape index (κ1) is 21.1. The first-order valence-corrected chi connectivity index (χ1v) is 11.0. The molecule has 0 atom stereocenters. The van der Waals surface area contributed by atoms with Crippen LogP contribution in [-0.2, 0) is 13.0 Å². The molecule has 4 aromatic rings. The highest BCUT2D eigenvalue weighted by Crippen LogP contribution is 2.24. The number of H-pyrrole nitrogens is 1. The lowest BCUT2D eigenvalue weighted by atomic mass is 9.99. The van der Waals surface area contributed by atoms with Crippen molar-refractivity contribution in [3.8, 4) is 5.69 Å². The summed E-state index contributed by atoms with van der Waals surface area (Å²) in [6, 6.07) is 10.3. The fourth-order valence-electron chi connectivity index (χ4n) is 4.73. The van der Waals surface area contributed by atoms with Crippen LogP contribution in [0.4, 0.5) is 11.6 Å². The summed E-state index contributed by atoms with van der Waals surface area (Å²) in [6.45, 7) is 7.90. The third-order valence-corrected chi connectivity index (χ3v) is 6.22. The quantitative estimate of drug-likeness (QED) is 0.453. The number of aromatic amines is 1. The molecule has 8 heteroatoms. The zero-order chi connectivity index (χ0) is 23.3. The van der Waals surface area contributed by atoms with Crippen LogP contribution < -0.4 is 16.5 Å². The smallest absolute Gasteiger partial charge is 0.324 e. The van der Waals surface area contributed by atoms with Crippen molar-refractivity contribution >= 4 is 22.7 Å². The Kier molecular flexibility index (Phi) is 5.09. The van der Waals surface area contributed by atoms with Gasteiger partial charge in [0, 0.05) is 25.0 Å². The number of fused-ring (bicyclic) bond motifs is 2. The SMILES string of the molecule is Cc1cc(C)c(-n2c(=O)[nH]c3nc(Nc4ccc5c(c4)CN(C)CC5)ncc3c2=N)c(C)c1. The molecule has 3 heterocycles. The molecule has 0 spiro atoms. The van der Waals surface area contributed by atoms with Crippen LogP contribution in [0.2, 0.25) is 0 Å². The Hall–Kier alpha value is -3.78. The molecule has 2 aromatic carbocycles. The number of nitrogens with one attached hydrogen (secondary N) is 3. The number of anilines is 2.